The minimum atomic E-state index is -0.271. The maximum absolute atomic E-state index is 12.7. The number of nitrogens with one attached hydrogen (secondary N) is 1. The number of ether oxygens (including phenoxy) is 1. The van der Waals surface area contributed by atoms with Gasteiger partial charge in [0, 0.05) is 27.9 Å². The van der Waals surface area contributed by atoms with Crippen LogP contribution in [0.1, 0.15) is 26.3 Å². The van der Waals surface area contributed by atoms with Crippen molar-refractivity contribution in [2.24, 2.45) is 0 Å². The molecule has 28 heavy (non-hydrogen) atoms. The number of rotatable bonds is 4. The fraction of sp³-hybridized carbons (Fsp3) is 0.0909. The molecule has 0 saturated heterocycles. The first kappa shape index (κ1) is 18.1. The van der Waals surface area contributed by atoms with Gasteiger partial charge in [-0.25, -0.2) is 0 Å². The van der Waals surface area contributed by atoms with Crippen LogP contribution in [0.2, 0.25) is 5.02 Å². The first-order chi connectivity index (χ1) is 13.6. The molecular weight excluding hydrogens is 376 g/mol. The molecule has 0 radical (unpaired) electrons. The zero-order valence-corrected chi connectivity index (χ0v) is 15.9. The number of nitrogens with zero attached hydrogens (tertiary/aromatic N) is 1. The van der Waals surface area contributed by atoms with Crippen molar-refractivity contribution in [3.63, 3.8) is 0 Å². The first-order valence-electron chi connectivity index (χ1n) is 8.71. The molecule has 0 unspecified atom stereocenters. The van der Waals surface area contributed by atoms with E-state index in [1.807, 2.05) is 24.3 Å². The normalized spacial score (nSPS) is 12.6. The van der Waals surface area contributed by atoms with Gasteiger partial charge >= 0.3 is 0 Å². The molecule has 0 bridgehead atoms. The molecule has 0 saturated carbocycles. The van der Waals surface area contributed by atoms with Crippen molar-refractivity contribution in [2.75, 3.05) is 17.3 Å². The van der Waals surface area contributed by atoms with E-state index < -0.39 is 0 Å². The fourth-order valence-corrected chi connectivity index (χ4v) is 3.34. The zero-order chi connectivity index (χ0) is 19.7. The molecule has 2 amide bonds. The number of amides is 2. The van der Waals surface area contributed by atoms with Crippen molar-refractivity contribution < 1.29 is 14.3 Å². The van der Waals surface area contributed by atoms with Crippen LogP contribution >= 0.6 is 11.6 Å². The average molecular weight is 393 g/mol. The Bertz CT molecular complexity index is 1060. The SMILES string of the molecule is COc1cc(N2Cc3ccccc3C2=O)ccc1NC(=O)c1ccc(Cl)cc1. The van der Waals surface area contributed by atoms with Crippen molar-refractivity contribution in [2.45, 2.75) is 6.54 Å². The van der Waals surface area contributed by atoms with Crippen molar-refractivity contribution >= 4 is 34.8 Å². The van der Waals surface area contributed by atoms with Gasteiger partial charge in [0.05, 0.1) is 19.3 Å². The predicted molar refractivity (Wildman–Crippen MR) is 109 cm³/mol. The van der Waals surface area contributed by atoms with E-state index in [2.05, 4.69) is 5.32 Å². The summed E-state index contributed by atoms with van der Waals surface area (Å²) in [6.07, 6.45) is 0. The lowest BCUT2D eigenvalue weighted by Crippen LogP contribution is -2.23. The number of methoxy groups -OCH3 is 1. The Morgan fingerprint density at radius 1 is 1.07 bits per heavy atom. The van der Waals surface area contributed by atoms with E-state index in [1.165, 1.54) is 7.11 Å². The Morgan fingerprint density at radius 2 is 1.82 bits per heavy atom. The van der Waals surface area contributed by atoms with E-state index in [9.17, 15) is 9.59 Å². The molecule has 4 rings (SSSR count). The lowest BCUT2D eigenvalue weighted by molar-refractivity contribution is 0.0994. The number of halogens is 1. The van der Waals surface area contributed by atoms with E-state index in [4.69, 9.17) is 16.3 Å². The van der Waals surface area contributed by atoms with Crippen LogP contribution < -0.4 is 15.0 Å². The Morgan fingerprint density at radius 3 is 2.54 bits per heavy atom. The summed E-state index contributed by atoms with van der Waals surface area (Å²) >= 11 is 5.87. The van der Waals surface area contributed by atoms with Crippen LogP contribution in [0.5, 0.6) is 5.75 Å². The quantitative estimate of drug-likeness (QED) is 0.696. The summed E-state index contributed by atoms with van der Waals surface area (Å²) in [6, 6.07) is 19.5. The second kappa shape index (κ2) is 7.37. The molecule has 140 valence electrons. The molecule has 3 aromatic carbocycles. The number of hydrogen-bond acceptors (Lipinski definition) is 3. The van der Waals surface area contributed by atoms with Gasteiger partial charge in [-0.2, -0.15) is 0 Å². The summed E-state index contributed by atoms with van der Waals surface area (Å²) in [5, 5.41) is 3.40. The standard InChI is InChI=1S/C22H17ClN2O3/c1-28-20-12-17(25-13-15-4-2-3-5-18(15)22(25)27)10-11-19(20)24-21(26)14-6-8-16(23)9-7-14/h2-12H,13H2,1H3,(H,24,26). The third kappa shape index (κ3) is 3.32. The third-order valence-electron chi connectivity index (χ3n) is 4.67. The number of carbonyl (C=O) groups excluding carboxylic acids is 2. The second-order valence-electron chi connectivity index (χ2n) is 6.39. The summed E-state index contributed by atoms with van der Waals surface area (Å²) in [6.45, 7) is 0.509. The highest BCUT2D eigenvalue weighted by Crippen LogP contribution is 2.34. The molecule has 0 atom stereocenters. The van der Waals surface area contributed by atoms with Gasteiger partial charge in [0.1, 0.15) is 5.75 Å². The molecule has 1 aliphatic heterocycles. The highest BCUT2D eigenvalue weighted by Gasteiger charge is 2.28. The topological polar surface area (TPSA) is 58.6 Å². The van der Waals surface area contributed by atoms with Crippen LogP contribution in [0, 0.1) is 0 Å². The Balaban J connectivity index is 1.58. The third-order valence-corrected chi connectivity index (χ3v) is 4.92. The van der Waals surface area contributed by atoms with Gasteiger partial charge < -0.3 is 15.0 Å². The van der Waals surface area contributed by atoms with Crippen molar-refractivity contribution in [3.8, 4) is 5.75 Å². The predicted octanol–water partition coefficient (Wildman–Crippen LogP) is 4.76. The maximum Gasteiger partial charge on any atom is 0.258 e. The number of benzene rings is 3. The van der Waals surface area contributed by atoms with Gasteiger partial charge in [-0.15, -0.1) is 0 Å². The van der Waals surface area contributed by atoms with E-state index in [0.29, 0.717) is 39.8 Å². The molecule has 6 heteroatoms. The summed E-state index contributed by atoms with van der Waals surface area (Å²) < 4.78 is 5.44. The summed E-state index contributed by atoms with van der Waals surface area (Å²) in [5.41, 5.74) is 3.42. The van der Waals surface area contributed by atoms with Crippen LogP contribution in [0.4, 0.5) is 11.4 Å². The lowest BCUT2D eigenvalue weighted by atomic mass is 10.1. The van der Waals surface area contributed by atoms with Crippen molar-refractivity contribution in [1.29, 1.82) is 0 Å². The molecule has 1 N–H and O–H groups in total. The van der Waals surface area contributed by atoms with Crippen LogP contribution in [-0.4, -0.2) is 18.9 Å². The van der Waals surface area contributed by atoms with Crippen molar-refractivity contribution in [3.05, 3.63) is 88.4 Å². The number of fused-ring (bicyclic) bond motifs is 1. The van der Waals surface area contributed by atoms with Crippen LogP contribution in [0.15, 0.2) is 66.7 Å². The highest BCUT2D eigenvalue weighted by molar-refractivity contribution is 6.30. The molecule has 0 fully saturated rings. The summed E-state index contributed by atoms with van der Waals surface area (Å²) in [7, 11) is 1.53. The number of anilines is 2. The fourth-order valence-electron chi connectivity index (χ4n) is 3.21. The monoisotopic (exact) mass is 392 g/mol. The van der Waals surface area contributed by atoms with E-state index in [0.717, 1.165) is 5.56 Å². The van der Waals surface area contributed by atoms with Crippen LogP contribution in [0.3, 0.4) is 0 Å². The maximum atomic E-state index is 12.7. The van der Waals surface area contributed by atoms with Crippen molar-refractivity contribution in [1.82, 2.24) is 0 Å². The van der Waals surface area contributed by atoms with Gasteiger partial charge in [0.15, 0.2) is 0 Å². The molecule has 1 heterocycles. The Labute approximate surface area is 167 Å². The minimum Gasteiger partial charge on any atom is -0.494 e. The Kier molecular flexibility index (Phi) is 4.75. The van der Waals surface area contributed by atoms with Crippen LogP contribution in [-0.2, 0) is 6.54 Å². The van der Waals surface area contributed by atoms with Gasteiger partial charge in [-0.1, -0.05) is 29.8 Å². The lowest BCUT2D eigenvalue weighted by Gasteiger charge is -2.18. The van der Waals surface area contributed by atoms with Gasteiger partial charge in [-0.05, 0) is 48.0 Å². The number of carbonyl (C=O) groups is 2. The molecule has 0 aromatic heterocycles. The average Bonchev–Trinajstić information content (AvgIpc) is 3.05. The summed E-state index contributed by atoms with van der Waals surface area (Å²) in [5.74, 6) is 0.159. The van der Waals surface area contributed by atoms with Gasteiger partial charge in [-0.3, -0.25) is 9.59 Å². The molecule has 0 aliphatic carbocycles. The van der Waals surface area contributed by atoms with E-state index >= 15 is 0 Å². The molecule has 3 aromatic rings. The molecule has 1 aliphatic rings. The van der Waals surface area contributed by atoms with Gasteiger partial charge in [0.25, 0.3) is 11.8 Å². The van der Waals surface area contributed by atoms with Crippen LogP contribution in [0.25, 0.3) is 0 Å². The molecule has 0 spiro atoms. The van der Waals surface area contributed by atoms with Gasteiger partial charge in [0.2, 0.25) is 0 Å². The Hall–Kier alpha value is -3.31. The highest BCUT2D eigenvalue weighted by atomic mass is 35.5. The summed E-state index contributed by atoms with van der Waals surface area (Å²) in [4.78, 5) is 26.8. The second-order valence-corrected chi connectivity index (χ2v) is 6.83. The molecule has 5 nitrogen and oxygen atoms in total. The number of hydrogen-bond donors (Lipinski definition) is 1. The largest absolute Gasteiger partial charge is 0.494 e. The smallest absolute Gasteiger partial charge is 0.258 e. The first-order valence-corrected chi connectivity index (χ1v) is 9.09. The van der Waals surface area contributed by atoms with E-state index in [1.54, 1.807) is 47.4 Å². The minimum absolute atomic E-state index is 0.0457. The zero-order valence-electron chi connectivity index (χ0n) is 15.1. The molecular formula is C22H17ClN2O3. The van der Waals surface area contributed by atoms with E-state index in [-0.39, 0.29) is 11.8 Å².